The molecule has 0 fully saturated rings. The largest absolute Gasteiger partial charge is 0.416 e. The zero-order valence-electron chi connectivity index (χ0n) is 7.81. The number of carbonyl (C=O) groups excluding carboxylic acids is 1. The predicted octanol–water partition coefficient (Wildman–Crippen LogP) is 3.00. The Kier molecular flexibility index (Phi) is 3.55. The summed E-state index contributed by atoms with van der Waals surface area (Å²) >= 11 is 5.26. The van der Waals surface area contributed by atoms with Gasteiger partial charge >= 0.3 is 6.18 Å². The van der Waals surface area contributed by atoms with Crippen LogP contribution in [0.5, 0.6) is 0 Å². The summed E-state index contributed by atoms with van der Waals surface area (Å²) in [6.07, 6.45) is -4.53. The number of hydrogen-bond acceptors (Lipinski definition) is 2. The Hall–Kier alpha value is -1.54. The molecular weight excluding hydrogens is 243 g/mol. The van der Waals surface area contributed by atoms with Crippen molar-refractivity contribution in [2.45, 2.75) is 6.18 Å². The molecule has 0 aliphatic rings. The molecule has 1 rings (SSSR count). The Balaban J connectivity index is 3.29. The lowest BCUT2D eigenvalue weighted by Gasteiger charge is -2.08. The van der Waals surface area contributed by atoms with Crippen molar-refractivity contribution in [2.75, 3.05) is 5.88 Å². The van der Waals surface area contributed by atoms with E-state index in [1.165, 1.54) is 0 Å². The molecule has 2 nitrogen and oxygen atoms in total. The summed E-state index contributed by atoms with van der Waals surface area (Å²) in [4.78, 5) is 11.2. The quantitative estimate of drug-likeness (QED) is 0.595. The smallest absolute Gasteiger partial charge is 0.293 e. The van der Waals surface area contributed by atoms with Crippen LogP contribution in [0.1, 0.15) is 21.5 Å². The molecule has 0 saturated carbocycles. The number of carbonyl (C=O) groups is 1. The number of halogens is 4. The molecule has 1 aromatic rings. The number of rotatable bonds is 2. The standard InChI is InChI=1S/C10H5ClF3NO/c11-4-9(16)8-2-1-7(10(12,13)14)3-6(8)5-15/h1-3H,4H2. The monoisotopic (exact) mass is 247 g/mol. The van der Waals surface area contributed by atoms with E-state index in [1.807, 2.05) is 0 Å². The van der Waals surface area contributed by atoms with Crippen LogP contribution in [0.3, 0.4) is 0 Å². The zero-order chi connectivity index (χ0) is 12.3. The Bertz CT molecular complexity index is 462. The molecule has 0 bridgehead atoms. The lowest BCUT2D eigenvalue weighted by molar-refractivity contribution is -0.137. The van der Waals surface area contributed by atoms with Gasteiger partial charge in [-0.1, -0.05) is 0 Å². The molecule has 0 aromatic heterocycles. The first-order valence-corrected chi connectivity index (χ1v) is 4.64. The van der Waals surface area contributed by atoms with E-state index >= 15 is 0 Å². The van der Waals surface area contributed by atoms with Gasteiger partial charge in [0.15, 0.2) is 5.78 Å². The van der Waals surface area contributed by atoms with Crippen molar-refractivity contribution < 1.29 is 18.0 Å². The minimum atomic E-state index is -4.53. The van der Waals surface area contributed by atoms with Crippen molar-refractivity contribution >= 4 is 17.4 Å². The molecule has 0 atom stereocenters. The highest BCUT2D eigenvalue weighted by molar-refractivity contribution is 6.30. The van der Waals surface area contributed by atoms with Crippen molar-refractivity contribution in [1.82, 2.24) is 0 Å². The fraction of sp³-hybridized carbons (Fsp3) is 0.200. The van der Waals surface area contributed by atoms with Crippen LogP contribution < -0.4 is 0 Å². The third-order valence-corrected chi connectivity index (χ3v) is 2.13. The number of nitrogens with zero attached hydrogens (tertiary/aromatic N) is 1. The second-order valence-corrected chi connectivity index (χ2v) is 3.19. The van der Waals surface area contributed by atoms with Crippen LogP contribution in [0, 0.1) is 11.3 Å². The summed E-state index contributed by atoms with van der Waals surface area (Å²) in [5, 5.41) is 8.64. The van der Waals surface area contributed by atoms with Gasteiger partial charge in [-0.15, -0.1) is 11.6 Å². The predicted molar refractivity (Wildman–Crippen MR) is 51.2 cm³/mol. The maximum Gasteiger partial charge on any atom is 0.416 e. The molecule has 0 spiro atoms. The van der Waals surface area contributed by atoms with Crippen LogP contribution >= 0.6 is 11.6 Å². The van der Waals surface area contributed by atoms with Gasteiger partial charge in [0.25, 0.3) is 0 Å². The van der Waals surface area contributed by atoms with Crippen molar-refractivity contribution in [3.63, 3.8) is 0 Å². The summed E-state index contributed by atoms with van der Waals surface area (Å²) in [7, 11) is 0. The third-order valence-electron chi connectivity index (χ3n) is 1.89. The van der Waals surface area contributed by atoms with E-state index in [2.05, 4.69) is 0 Å². The second-order valence-electron chi connectivity index (χ2n) is 2.93. The van der Waals surface area contributed by atoms with Gasteiger partial charge in [0.2, 0.25) is 0 Å². The van der Waals surface area contributed by atoms with Gasteiger partial charge in [0.05, 0.1) is 23.1 Å². The van der Waals surface area contributed by atoms with Crippen LogP contribution in [0.15, 0.2) is 18.2 Å². The van der Waals surface area contributed by atoms with Gasteiger partial charge < -0.3 is 0 Å². The molecule has 0 aliphatic heterocycles. The summed E-state index contributed by atoms with van der Waals surface area (Å²) < 4.78 is 36.9. The number of benzene rings is 1. The van der Waals surface area contributed by atoms with Gasteiger partial charge in [0.1, 0.15) is 0 Å². The maximum atomic E-state index is 12.3. The second kappa shape index (κ2) is 4.54. The first-order valence-electron chi connectivity index (χ1n) is 4.10. The van der Waals surface area contributed by atoms with Gasteiger partial charge in [-0.05, 0) is 18.2 Å². The highest BCUT2D eigenvalue weighted by Crippen LogP contribution is 2.30. The SMILES string of the molecule is N#Cc1cc(C(F)(F)F)ccc1C(=O)CCl. The van der Waals surface area contributed by atoms with Crippen LogP contribution in [-0.2, 0) is 6.18 Å². The molecule has 0 radical (unpaired) electrons. The number of Topliss-reactive ketones (excluding diaryl/α,β-unsaturated/α-hetero) is 1. The number of alkyl halides is 4. The fourth-order valence-corrected chi connectivity index (χ4v) is 1.27. The van der Waals surface area contributed by atoms with Gasteiger partial charge in [0, 0.05) is 5.56 Å². The van der Waals surface area contributed by atoms with E-state index in [0.29, 0.717) is 6.07 Å². The Labute approximate surface area is 94.2 Å². The molecule has 0 saturated heterocycles. The molecule has 16 heavy (non-hydrogen) atoms. The van der Waals surface area contributed by atoms with Crippen molar-refractivity contribution in [1.29, 1.82) is 5.26 Å². The molecule has 0 N–H and O–H groups in total. The number of nitriles is 1. The average molecular weight is 248 g/mol. The lowest BCUT2D eigenvalue weighted by Crippen LogP contribution is -2.09. The molecular formula is C10H5ClF3NO. The minimum Gasteiger partial charge on any atom is -0.293 e. The summed E-state index contributed by atoms with van der Waals surface area (Å²) in [6.45, 7) is 0. The Morgan fingerprint density at radius 3 is 2.50 bits per heavy atom. The number of ketones is 1. The average Bonchev–Trinajstić information content (AvgIpc) is 2.26. The summed E-state index contributed by atoms with van der Waals surface area (Å²) in [5.74, 6) is -0.952. The van der Waals surface area contributed by atoms with Crippen LogP contribution in [0.2, 0.25) is 0 Å². The maximum absolute atomic E-state index is 12.3. The molecule has 6 heteroatoms. The van der Waals surface area contributed by atoms with E-state index in [0.717, 1.165) is 12.1 Å². The van der Waals surface area contributed by atoms with Crippen LogP contribution in [0.4, 0.5) is 13.2 Å². The van der Waals surface area contributed by atoms with E-state index in [4.69, 9.17) is 16.9 Å². The van der Waals surface area contributed by atoms with Crippen molar-refractivity contribution in [3.8, 4) is 6.07 Å². The van der Waals surface area contributed by atoms with E-state index in [9.17, 15) is 18.0 Å². The Morgan fingerprint density at radius 2 is 2.06 bits per heavy atom. The first-order chi connectivity index (χ1) is 7.40. The van der Waals surface area contributed by atoms with Gasteiger partial charge in [-0.25, -0.2) is 0 Å². The molecule has 84 valence electrons. The van der Waals surface area contributed by atoms with Crippen LogP contribution in [-0.4, -0.2) is 11.7 Å². The fourth-order valence-electron chi connectivity index (χ4n) is 1.13. The van der Waals surface area contributed by atoms with Gasteiger partial charge in [-0.2, -0.15) is 18.4 Å². The lowest BCUT2D eigenvalue weighted by atomic mass is 10.0. The third kappa shape index (κ3) is 2.52. The minimum absolute atomic E-state index is 0.0921. The van der Waals surface area contributed by atoms with Gasteiger partial charge in [-0.3, -0.25) is 4.79 Å². The Morgan fingerprint density at radius 1 is 1.44 bits per heavy atom. The summed E-state index contributed by atoms with van der Waals surface area (Å²) in [6, 6.07) is 3.90. The molecule has 0 amide bonds. The molecule has 0 aliphatic carbocycles. The zero-order valence-corrected chi connectivity index (χ0v) is 8.56. The van der Waals surface area contributed by atoms with E-state index in [1.54, 1.807) is 6.07 Å². The van der Waals surface area contributed by atoms with E-state index < -0.39 is 17.5 Å². The normalized spacial score (nSPS) is 10.9. The first kappa shape index (κ1) is 12.5. The topological polar surface area (TPSA) is 40.9 Å². The highest BCUT2D eigenvalue weighted by Gasteiger charge is 2.31. The molecule has 0 unspecified atom stereocenters. The highest BCUT2D eigenvalue weighted by atomic mass is 35.5. The van der Waals surface area contributed by atoms with Crippen molar-refractivity contribution in [2.24, 2.45) is 0 Å². The number of hydrogen-bond donors (Lipinski definition) is 0. The van der Waals surface area contributed by atoms with E-state index in [-0.39, 0.29) is 17.0 Å². The molecule has 1 aromatic carbocycles. The van der Waals surface area contributed by atoms with Crippen molar-refractivity contribution in [3.05, 3.63) is 34.9 Å². The summed E-state index contributed by atoms with van der Waals surface area (Å²) in [5.41, 5.74) is -1.37. The van der Waals surface area contributed by atoms with Crippen LogP contribution in [0.25, 0.3) is 0 Å². The molecule has 0 heterocycles.